The van der Waals surface area contributed by atoms with Crippen molar-refractivity contribution >= 4 is 16.9 Å². The van der Waals surface area contributed by atoms with Crippen molar-refractivity contribution in [2.45, 2.75) is 6.18 Å². The van der Waals surface area contributed by atoms with E-state index in [1.807, 2.05) is 0 Å². The number of hydrogen-bond acceptors (Lipinski definition) is 5. The number of nitriles is 1. The molecule has 1 aromatic heterocycles. The van der Waals surface area contributed by atoms with Gasteiger partial charge in [0.05, 0.1) is 22.1 Å². The molecule has 0 atom stereocenters. The van der Waals surface area contributed by atoms with E-state index in [1.54, 1.807) is 6.07 Å². The minimum absolute atomic E-state index is 0.172. The van der Waals surface area contributed by atoms with Gasteiger partial charge in [0.15, 0.2) is 0 Å². The first-order valence-electron chi connectivity index (χ1n) is 7.28. The maximum Gasteiger partial charge on any atom is 0.450 e. The monoisotopic (exact) mass is 375 g/mol. The molecule has 2 N–H and O–H groups in total. The quantitative estimate of drug-likeness (QED) is 0.706. The number of fused-ring (bicyclic) bond motifs is 1. The van der Waals surface area contributed by atoms with Gasteiger partial charge >= 0.3 is 12.1 Å². The fourth-order valence-corrected chi connectivity index (χ4v) is 2.56. The second kappa shape index (κ2) is 6.17. The van der Waals surface area contributed by atoms with Crippen LogP contribution in [0.1, 0.15) is 21.7 Å². The number of aromatic hydroxyl groups is 1. The second-order valence-electron chi connectivity index (χ2n) is 5.49. The van der Waals surface area contributed by atoms with E-state index in [4.69, 9.17) is 14.8 Å². The molecule has 2 aromatic carbocycles. The van der Waals surface area contributed by atoms with Crippen molar-refractivity contribution in [3.63, 3.8) is 0 Å². The van der Waals surface area contributed by atoms with Crippen molar-refractivity contribution in [1.82, 2.24) is 0 Å². The third kappa shape index (κ3) is 3.08. The van der Waals surface area contributed by atoms with E-state index in [0.29, 0.717) is 0 Å². The highest BCUT2D eigenvalue weighted by Crippen LogP contribution is 2.38. The van der Waals surface area contributed by atoms with Crippen molar-refractivity contribution in [2.24, 2.45) is 0 Å². The van der Waals surface area contributed by atoms with Crippen LogP contribution in [-0.2, 0) is 6.18 Å². The number of benzene rings is 2. The first kappa shape index (κ1) is 18.0. The molecule has 0 aliphatic carbocycles. The van der Waals surface area contributed by atoms with Gasteiger partial charge in [0, 0.05) is 6.07 Å². The van der Waals surface area contributed by atoms with Crippen LogP contribution in [0.2, 0.25) is 0 Å². The minimum atomic E-state index is -5.03. The van der Waals surface area contributed by atoms with Crippen LogP contribution in [0.3, 0.4) is 0 Å². The molecule has 136 valence electrons. The summed E-state index contributed by atoms with van der Waals surface area (Å²) < 4.78 is 45.2. The summed E-state index contributed by atoms with van der Waals surface area (Å²) in [5, 5.41) is 27.2. The third-order valence-corrected chi connectivity index (χ3v) is 3.81. The zero-order valence-electron chi connectivity index (χ0n) is 13.2. The summed E-state index contributed by atoms with van der Waals surface area (Å²) in [6.07, 6.45) is -5.03. The molecule has 0 saturated heterocycles. The Bertz CT molecular complexity index is 1170. The summed E-state index contributed by atoms with van der Waals surface area (Å²) in [5.74, 6) is -3.50. The first-order valence-corrected chi connectivity index (χ1v) is 7.28. The van der Waals surface area contributed by atoms with Crippen molar-refractivity contribution in [1.29, 1.82) is 5.26 Å². The van der Waals surface area contributed by atoms with E-state index in [-0.39, 0.29) is 22.1 Å². The van der Waals surface area contributed by atoms with Gasteiger partial charge in [-0.3, -0.25) is 4.79 Å². The van der Waals surface area contributed by atoms with Crippen molar-refractivity contribution in [3.8, 4) is 22.9 Å². The van der Waals surface area contributed by atoms with E-state index in [2.05, 4.69) is 0 Å². The smallest absolute Gasteiger partial charge is 0.450 e. The minimum Gasteiger partial charge on any atom is -0.506 e. The van der Waals surface area contributed by atoms with Crippen LogP contribution in [0.15, 0.2) is 45.6 Å². The highest BCUT2D eigenvalue weighted by molar-refractivity contribution is 5.89. The molecule has 0 aliphatic rings. The molecule has 9 heteroatoms. The summed E-state index contributed by atoms with van der Waals surface area (Å²) in [6, 6.07) is 7.55. The predicted molar refractivity (Wildman–Crippen MR) is 86.3 cm³/mol. The average molecular weight is 375 g/mol. The Labute approximate surface area is 148 Å². The van der Waals surface area contributed by atoms with Gasteiger partial charge in [-0.1, -0.05) is 12.1 Å². The highest BCUT2D eigenvalue weighted by atomic mass is 19.4. The molecule has 0 unspecified atom stereocenters. The highest BCUT2D eigenvalue weighted by Gasteiger charge is 2.39. The van der Waals surface area contributed by atoms with Gasteiger partial charge in [0.1, 0.15) is 17.4 Å². The zero-order valence-corrected chi connectivity index (χ0v) is 13.2. The maximum absolute atomic E-state index is 13.5. The predicted octanol–water partition coefficient (Wildman–Crippen LogP) is 3.75. The van der Waals surface area contributed by atoms with Gasteiger partial charge in [-0.05, 0) is 23.8 Å². The first-order chi connectivity index (χ1) is 12.6. The molecular formula is C18H8F3NO5. The largest absolute Gasteiger partial charge is 0.506 e. The lowest BCUT2D eigenvalue weighted by Gasteiger charge is -2.13. The van der Waals surface area contributed by atoms with Crippen LogP contribution < -0.4 is 5.43 Å². The lowest BCUT2D eigenvalue weighted by atomic mass is 9.99. The van der Waals surface area contributed by atoms with Crippen molar-refractivity contribution in [3.05, 3.63) is 63.5 Å². The summed E-state index contributed by atoms with van der Waals surface area (Å²) in [7, 11) is 0. The SMILES string of the molecule is N#Cc1cc2c(=O)c(-c3ccc(C(=O)O)cc3)c(C(F)(F)F)oc2cc1O. The molecule has 3 rings (SSSR count). The van der Waals surface area contributed by atoms with Crippen molar-refractivity contribution in [2.75, 3.05) is 0 Å². The number of phenols is 1. The number of carboxylic acids is 1. The molecule has 1 heterocycles. The number of phenolic OH excluding ortho intramolecular Hbond substituents is 1. The number of alkyl halides is 3. The molecular weight excluding hydrogens is 367 g/mol. The average Bonchev–Trinajstić information content (AvgIpc) is 2.60. The Hall–Kier alpha value is -3.80. The molecule has 0 aliphatic heterocycles. The van der Waals surface area contributed by atoms with Crippen LogP contribution in [0, 0.1) is 11.3 Å². The summed E-state index contributed by atoms with van der Waals surface area (Å²) in [6.45, 7) is 0. The van der Waals surface area contributed by atoms with Crippen LogP contribution in [0.5, 0.6) is 5.75 Å². The van der Waals surface area contributed by atoms with Crippen LogP contribution in [-0.4, -0.2) is 16.2 Å². The molecule has 0 amide bonds. The Morgan fingerprint density at radius 1 is 1.15 bits per heavy atom. The lowest BCUT2D eigenvalue weighted by Crippen LogP contribution is -2.16. The molecule has 3 aromatic rings. The Kier molecular flexibility index (Phi) is 4.12. The van der Waals surface area contributed by atoms with E-state index in [9.17, 15) is 27.9 Å². The van der Waals surface area contributed by atoms with Gasteiger partial charge < -0.3 is 14.6 Å². The van der Waals surface area contributed by atoms with Gasteiger partial charge in [-0.2, -0.15) is 18.4 Å². The van der Waals surface area contributed by atoms with Crippen LogP contribution >= 0.6 is 0 Å². The van der Waals surface area contributed by atoms with Crippen molar-refractivity contribution < 1.29 is 32.6 Å². The molecule has 0 fully saturated rings. The summed E-state index contributed by atoms with van der Waals surface area (Å²) in [4.78, 5) is 23.6. The Morgan fingerprint density at radius 2 is 1.78 bits per heavy atom. The van der Waals surface area contributed by atoms with Gasteiger partial charge in [0.2, 0.25) is 11.2 Å². The van der Waals surface area contributed by atoms with Gasteiger partial charge in [0.25, 0.3) is 0 Å². The molecule has 0 saturated carbocycles. The number of aromatic carboxylic acids is 1. The van der Waals surface area contributed by atoms with E-state index in [0.717, 1.165) is 36.4 Å². The summed E-state index contributed by atoms with van der Waals surface area (Å²) in [5.41, 5.74) is -3.09. The van der Waals surface area contributed by atoms with Gasteiger partial charge in [-0.15, -0.1) is 0 Å². The maximum atomic E-state index is 13.5. The molecule has 0 radical (unpaired) electrons. The van der Waals surface area contributed by atoms with E-state index < -0.39 is 40.2 Å². The molecule has 0 spiro atoms. The molecule has 27 heavy (non-hydrogen) atoms. The number of carbonyl (C=O) groups is 1. The Morgan fingerprint density at radius 3 is 2.30 bits per heavy atom. The zero-order chi connectivity index (χ0) is 19.9. The third-order valence-electron chi connectivity index (χ3n) is 3.81. The topological polar surface area (TPSA) is 112 Å². The number of rotatable bonds is 2. The Balaban J connectivity index is 2.40. The fourth-order valence-electron chi connectivity index (χ4n) is 2.56. The van der Waals surface area contributed by atoms with Crippen LogP contribution in [0.4, 0.5) is 13.2 Å². The fraction of sp³-hybridized carbons (Fsp3) is 0.0556. The lowest BCUT2D eigenvalue weighted by molar-refractivity contribution is -0.152. The number of nitrogens with zero attached hydrogens (tertiary/aromatic N) is 1. The molecule has 0 bridgehead atoms. The van der Waals surface area contributed by atoms with E-state index >= 15 is 0 Å². The van der Waals surface area contributed by atoms with Gasteiger partial charge in [-0.25, -0.2) is 4.79 Å². The number of carboxylic acid groups (broad SMARTS) is 1. The second-order valence-corrected chi connectivity index (χ2v) is 5.49. The van der Waals surface area contributed by atoms with Crippen LogP contribution in [0.25, 0.3) is 22.1 Å². The standard InChI is InChI=1S/C18H8F3NO5/c19-18(20,21)16-14(8-1-3-9(4-2-8)17(25)26)15(24)11-5-10(7-22)12(23)6-13(11)27-16/h1-6,23H,(H,25,26). The normalized spacial score (nSPS) is 11.3. The summed E-state index contributed by atoms with van der Waals surface area (Å²) >= 11 is 0. The number of hydrogen-bond donors (Lipinski definition) is 2. The molecule has 6 nitrogen and oxygen atoms in total. The number of halogens is 3. The van der Waals surface area contributed by atoms with E-state index in [1.165, 1.54) is 0 Å².